The summed E-state index contributed by atoms with van der Waals surface area (Å²) in [5.74, 6) is 0. The van der Waals surface area contributed by atoms with Crippen molar-refractivity contribution in [2.45, 2.75) is 38.8 Å². The molecule has 1 heterocycles. The van der Waals surface area contributed by atoms with E-state index < -0.39 is 0 Å². The van der Waals surface area contributed by atoms with Crippen molar-refractivity contribution in [3.8, 4) is 0 Å². The number of hydrogen-bond acceptors (Lipinski definition) is 2. The van der Waals surface area contributed by atoms with Gasteiger partial charge in [0.25, 0.3) is 0 Å². The predicted molar refractivity (Wildman–Crippen MR) is 57.7 cm³/mol. The zero-order valence-corrected chi connectivity index (χ0v) is 9.82. The Balaban J connectivity index is 2.45. The van der Waals surface area contributed by atoms with Crippen LogP contribution in [-0.4, -0.2) is 39.7 Å². The van der Waals surface area contributed by atoms with Crippen molar-refractivity contribution in [3.05, 3.63) is 0 Å². The maximum absolute atomic E-state index is 3.62. The second-order valence-electron chi connectivity index (χ2n) is 4.56. The molecule has 3 heteroatoms. The first-order valence-corrected chi connectivity index (χ1v) is 5.36. The van der Waals surface area contributed by atoms with Crippen molar-refractivity contribution in [2.24, 2.45) is 0 Å². The van der Waals surface area contributed by atoms with E-state index >= 15 is 0 Å². The largest absolute Gasteiger partial charge is 0.315 e. The molecular formula is C9H20N2Si. The monoisotopic (exact) mass is 184 g/mol. The van der Waals surface area contributed by atoms with Gasteiger partial charge in [0.05, 0.1) is 0 Å². The van der Waals surface area contributed by atoms with Crippen molar-refractivity contribution >= 4 is 15.0 Å². The number of hydrogen-bond donors (Lipinski definition) is 2. The van der Waals surface area contributed by atoms with Gasteiger partial charge in [-0.2, -0.15) is 0 Å². The van der Waals surface area contributed by atoms with Crippen molar-refractivity contribution in [3.63, 3.8) is 0 Å². The van der Waals surface area contributed by atoms with E-state index in [1.54, 1.807) is 5.17 Å². The van der Waals surface area contributed by atoms with Crippen LogP contribution in [0, 0.1) is 0 Å². The predicted octanol–water partition coefficient (Wildman–Crippen LogP) is -0.458. The summed E-state index contributed by atoms with van der Waals surface area (Å²) in [6, 6.07) is 0.581. The third-order valence-corrected chi connectivity index (χ3v) is 2.92. The molecule has 0 saturated carbocycles. The lowest BCUT2D eigenvalue weighted by molar-refractivity contribution is 0.384. The first-order valence-electron chi connectivity index (χ1n) is 4.65. The summed E-state index contributed by atoms with van der Waals surface area (Å²) in [6.07, 6.45) is 1.23. The van der Waals surface area contributed by atoms with E-state index in [-0.39, 0.29) is 5.54 Å². The standard InChI is InChI=1S/C9H20N2Si/c1-9(2,3)11-7-6-10-5-4-8(7)12/h7,10-11H,4-6,12H2,1-3H3. The molecule has 2 N–H and O–H groups in total. The third-order valence-electron chi connectivity index (χ3n) is 2.07. The van der Waals surface area contributed by atoms with Gasteiger partial charge in [-0.05, 0) is 43.6 Å². The van der Waals surface area contributed by atoms with Gasteiger partial charge in [-0.25, -0.2) is 0 Å². The SMILES string of the molecule is CC(C)(C)NC1CNCCC1=[SiH2]. The van der Waals surface area contributed by atoms with Crippen LogP contribution < -0.4 is 10.6 Å². The Morgan fingerprint density at radius 1 is 1.50 bits per heavy atom. The lowest BCUT2D eigenvalue weighted by atomic mass is 10.0. The minimum atomic E-state index is 0.232. The molecule has 0 aliphatic carbocycles. The minimum Gasteiger partial charge on any atom is -0.315 e. The Morgan fingerprint density at radius 2 is 2.17 bits per heavy atom. The van der Waals surface area contributed by atoms with Crippen LogP contribution in [0.4, 0.5) is 0 Å². The first-order chi connectivity index (χ1) is 5.49. The molecule has 0 aromatic carbocycles. The molecule has 1 saturated heterocycles. The van der Waals surface area contributed by atoms with Crippen LogP contribution in [0.25, 0.3) is 0 Å². The molecule has 2 nitrogen and oxygen atoms in total. The number of rotatable bonds is 1. The van der Waals surface area contributed by atoms with Crippen LogP contribution in [0.1, 0.15) is 27.2 Å². The van der Waals surface area contributed by atoms with Crippen LogP contribution in [0.15, 0.2) is 0 Å². The van der Waals surface area contributed by atoms with Crippen LogP contribution in [0.2, 0.25) is 0 Å². The van der Waals surface area contributed by atoms with E-state index in [4.69, 9.17) is 0 Å². The van der Waals surface area contributed by atoms with Crippen molar-refractivity contribution in [1.82, 2.24) is 10.6 Å². The van der Waals surface area contributed by atoms with Gasteiger partial charge in [-0.1, -0.05) is 5.17 Å². The Bertz CT molecular complexity index is 172. The summed E-state index contributed by atoms with van der Waals surface area (Å²) in [4.78, 5) is 0. The topological polar surface area (TPSA) is 24.1 Å². The molecule has 1 atom stereocenters. The fourth-order valence-corrected chi connectivity index (χ4v) is 1.91. The van der Waals surface area contributed by atoms with Gasteiger partial charge in [0.2, 0.25) is 0 Å². The quantitative estimate of drug-likeness (QED) is 0.539. The smallest absolute Gasteiger partial charge is 0.0365 e. The average Bonchev–Trinajstić information content (AvgIpc) is 1.91. The van der Waals surface area contributed by atoms with Gasteiger partial charge in [0.1, 0.15) is 0 Å². The lowest BCUT2D eigenvalue weighted by Gasteiger charge is -2.33. The van der Waals surface area contributed by atoms with Crippen molar-refractivity contribution in [1.29, 1.82) is 0 Å². The van der Waals surface area contributed by atoms with E-state index in [1.165, 1.54) is 6.42 Å². The Morgan fingerprint density at radius 3 is 2.67 bits per heavy atom. The zero-order valence-electron chi connectivity index (χ0n) is 8.41. The zero-order chi connectivity index (χ0) is 9.19. The van der Waals surface area contributed by atoms with Crippen LogP contribution in [-0.2, 0) is 0 Å². The molecule has 0 bridgehead atoms. The number of nitrogens with one attached hydrogen (secondary N) is 2. The van der Waals surface area contributed by atoms with Crippen LogP contribution >= 0.6 is 0 Å². The van der Waals surface area contributed by atoms with Gasteiger partial charge in [0, 0.05) is 18.1 Å². The molecule has 0 spiro atoms. The van der Waals surface area contributed by atoms with E-state index in [0.717, 1.165) is 13.1 Å². The Hall–Kier alpha value is 0.00688. The molecule has 1 unspecified atom stereocenters. The molecule has 0 amide bonds. The summed E-state index contributed by atoms with van der Waals surface area (Å²) >= 11 is 0. The van der Waals surface area contributed by atoms with Crippen molar-refractivity contribution in [2.75, 3.05) is 13.1 Å². The summed E-state index contributed by atoms with van der Waals surface area (Å²) in [6.45, 7) is 8.91. The molecule has 0 radical (unpaired) electrons. The lowest BCUT2D eigenvalue weighted by Crippen LogP contribution is -2.55. The average molecular weight is 184 g/mol. The molecule has 1 aliphatic rings. The second kappa shape index (κ2) is 3.81. The Kier molecular flexibility index (Phi) is 3.20. The van der Waals surface area contributed by atoms with Gasteiger partial charge in [-0.15, -0.1) is 0 Å². The van der Waals surface area contributed by atoms with Crippen LogP contribution in [0.5, 0.6) is 0 Å². The fraction of sp³-hybridized carbons (Fsp3) is 0.889. The molecule has 1 fully saturated rings. The highest BCUT2D eigenvalue weighted by Crippen LogP contribution is 2.04. The summed E-state index contributed by atoms with van der Waals surface area (Å²) in [5, 5.41) is 8.64. The van der Waals surface area contributed by atoms with Crippen molar-refractivity contribution < 1.29 is 0 Å². The molecule has 0 aromatic rings. The maximum Gasteiger partial charge on any atom is 0.0365 e. The summed E-state index contributed by atoms with van der Waals surface area (Å²) < 4.78 is 0. The fourth-order valence-electron chi connectivity index (χ4n) is 1.49. The molecule has 70 valence electrons. The third kappa shape index (κ3) is 3.17. The highest BCUT2D eigenvalue weighted by Gasteiger charge is 2.21. The molecule has 12 heavy (non-hydrogen) atoms. The Labute approximate surface area is 78.2 Å². The molecular weight excluding hydrogens is 164 g/mol. The van der Waals surface area contributed by atoms with Gasteiger partial charge < -0.3 is 10.6 Å². The normalized spacial score (nSPS) is 25.9. The summed E-state index contributed by atoms with van der Waals surface area (Å²) in [5.41, 5.74) is 0.232. The highest BCUT2D eigenvalue weighted by atomic mass is 28.1. The highest BCUT2D eigenvalue weighted by molar-refractivity contribution is 6.39. The molecule has 0 aromatic heterocycles. The first kappa shape index (κ1) is 10.1. The molecule has 1 rings (SSSR count). The van der Waals surface area contributed by atoms with Gasteiger partial charge in [0.15, 0.2) is 0 Å². The second-order valence-corrected chi connectivity index (χ2v) is 5.47. The van der Waals surface area contributed by atoms with Gasteiger partial charge in [-0.3, -0.25) is 0 Å². The summed E-state index contributed by atoms with van der Waals surface area (Å²) in [7, 11) is 2.05. The van der Waals surface area contributed by atoms with E-state index in [0.29, 0.717) is 6.04 Å². The van der Waals surface area contributed by atoms with Gasteiger partial charge >= 0.3 is 0 Å². The van der Waals surface area contributed by atoms with E-state index in [1.807, 2.05) is 0 Å². The van der Waals surface area contributed by atoms with Crippen LogP contribution in [0.3, 0.4) is 0 Å². The van der Waals surface area contributed by atoms with E-state index in [9.17, 15) is 0 Å². The molecule has 1 aliphatic heterocycles. The maximum atomic E-state index is 3.62. The minimum absolute atomic E-state index is 0.232. The van der Waals surface area contributed by atoms with E-state index in [2.05, 4.69) is 41.3 Å². The number of piperidine rings is 1.